The molecule has 10 heavy (non-hydrogen) atoms. The molecule has 0 aliphatic heterocycles. The van der Waals surface area contributed by atoms with Crippen LogP contribution in [0.1, 0.15) is 6.92 Å². The van der Waals surface area contributed by atoms with Crippen LogP contribution in [0, 0.1) is 0 Å². The van der Waals surface area contributed by atoms with Crippen LogP contribution in [0.2, 0.25) is 0 Å². The van der Waals surface area contributed by atoms with Gasteiger partial charge < -0.3 is 9.84 Å². The van der Waals surface area contributed by atoms with E-state index in [4.69, 9.17) is 9.84 Å². The molecule has 0 aliphatic carbocycles. The van der Waals surface area contributed by atoms with Gasteiger partial charge in [-0.1, -0.05) is 12.2 Å². The van der Waals surface area contributed by atoms with E-state index in [1.165, 1.54) is 6.08 Å². The van der Waals surface area contributed by atoms with Crippen molar-refractivity contribution in [3.63, 3.8) is 0 Å². The first kappa shape index (κ1) is 9.40. The molecule has 0 aliphatic rings. The molecule has 0 rings (SSSR count). The van der Waals surface area contributed by atoms with Gasteiger partial charge in [0.05, 0.1) is 18.8 Å². The molecular formula is C8H14O2. The van der Waals surface area contributed by atoms with Crippen LogP contribution in [0.3, 0.4) is 0 Å². The second-order valence-corrected chi connectivity index (χ2v) is 2.05. The number of rotatable bonds is 5. The topological polar surface area (TPSA) is 29.5 Å². The Balaban J connectivity index is 3.49. The van der Waals surface area contributed by atoms with E-state index in [-0.39, 0.29) is 6.10 Å². The van der Waals surface area contributed by atoms with Crippen molar-refractivity contribution in [1.29, 1.82) is 0 Å². The lowest BCUT2D eigenvalue weighted by Crippen LogP contribution is -2.23. The summed E-state index contributed by atoms with van der Waals surface area (Å²) in [5.74, 6) is 0. The predicted molar refractivity (Wildman–Crippen MR) is 41.8 cm³/mol. The van der Waals surface area contributed by atoms with Gasteiger partial charge in [-0.3, -0.25) is 0 Å². The number of hydrogen-bond acceptors (Lipinski definition) is 2. The van der Waals surface area contributed by atoms with Crippen LogP contribution in [0.15, 0.2) is 25.3 Å². The normalized spacial score (nSPS) is 15.8. The van der Waals surface area contributed by atoms with Gasteiger partial charge >= 0.3 is 0 Å². The number of aliphatic hydroxyl groups excluding tert-OH is 1. The first-order chi connectivity index (χ1) is 4.72. The Labute approximate surface area is 61.8 Å². The van der Waals surface area contributed by atoms with Crippen LogP contribution in [0.4, 0.5) is 0 Å². The standard InChI is InChI=1S/C8H14O2/c1-4-6-10-7(3)8(9)5-2/h4-5,7-9H,1-2,6H2,3H3/t7-,8?/m1/s1. The van der Waals surface area contributed by atoms with Crippen molar-refractivity contribution in [3.05, 3.63) is 25.3 Å². The van der Waals surface area contributed by atoms with Crippen molar-refractivity contribution < 1.29 is 9.84 Å². The second-order valence-electron chi connectivity index (χ2n) is 2.05. The van der Waals surface area contributed by atoms with Crippen LogP contribution in [0.25, 0.3) is 0 Å². The van der Waals surface area contributed by atoms with Gasteiger partial charge in [0.1, 0.15) is 0 Å². The first-order valence-corrected chi connectivity index (χ1v) is 3.25. The monoisotopic (exact) mass is 142 g/mol. The third-order valence-corrected chi connectivity index (χ3v) is 1.20. The van der Waals surface area contributed by atoms with Crippen LogP contribution >= 0.6 is 0 Å². The molecule has 0 bridgehead atoms. The first-order valence-electron chi connectivity index (χ1n) is 3.25. The number of aliphatic hydroxyl groups is 1. The summed E-state index contributed by atoms with van der Waals surface area (Å²) in [5.41, 5.74) is 0. The molecule has 2 atom stereocenters. The van der Waals surface area contributed by atoms with Crippen LogP contribution < -0.4 is 0 Å². The molecule has 0 saturated heterocycles. The highest BCUT2D eigenvalue weighted by atomic mass is 16.5. The highest BCUT2D eigenvalue weighted by Crippen LogP contribution is 1.98. The zero-order valence-electron chi connectivity index (χ0n) is 6.29. The molecule has 0 aromatic carbocycles. The molecule has 0 heterocycles. The van der Waals surface area contributed by atoms with Gasteiger partial charge in [-0.25, -0.2) is 0 Å². The van der Waals surface area contributed by atoms with E-state index in [1.54, 1.807) is 13.0 Å². The summed E-state index contributed by atoms with van der Waals surface area (Å²) in [7, 11) is 0. The smallest absolute Gasteiger partial charge is 0.0977 e. The molecule has 1 N–H and O–H groups in total. The largest absolute Gasteiger partial charge is 0.386 e. The van der Waals surface area contributed by atoms with Crippen LogP contribution in [0.5, 0.6) is 0 Å². The summed E-state index contributed by atoms with van der Waals surface area (Å²) < 4.78 is 5.10. The van der Waals surface area contributed by atoms with Gasteiger partial charge in [-0.15, -0.1) is 13.2 Å². The lowest BCUT2D eigenvalue weighted by atomic mass is 10.2. The van der Waals surface area contributed by atoms with Crippen LogP contribution in [-0.2, 0) is 4.74 Å². The van der Waals surface area contributed by atoms with E-state index in [1.807, 2.05) is 0 Å². The van der Waals surface area contributed by atoms with Crippen molar-refractivity contribution >= 4 is 0 Å². The maximum atomic E-state index is 9.08. The number of hydrogen-bond donors (Lipinski definition) is 1. The average Bonchev–Trinajstić information content (AvgIpc) is 1.98. The fraction of sp³-hybridized carbons (Fsp3) is 0.500. The lowest BCUT2D eigenvalue weighted by Gasteiger charge is -2.14. The zero-order valence-corrected chi connectivity index (χ0v) is 6.29. The molecular weight excluding hydrogens is 128 g/mol. The van der Waals surface area contributed by atoms with Gasteiger partial charge in [0.25, 0.3) is 0 Å². The molecule has 1 unspecified atom stereocenters. The molecule has 0 saturated carbocycles. The van der Waals surface area contributed by atoms with Gasteiger partial charge in [0, 0.05) is 0 Å². The Morgan fingerprint density at radius 2 is 2.20 bits per heavy atom. The van der Waals surface area contributed by atoms with Crippen molar-refractivity contribution in [2.24, 2.45) is 0 Å². The Morgan fingerprint density at radius 3 is 2.60 bits per heavy atom. The highest BCUT2D eigenvalue weighted by molar-refractivity contribution is 4.83. The molecule has 0 aromatic rings. The summed E-state index contributed by atoms with van der Waals surface area (Å²) in [4.78, 5) is 0. The molecule has 2 nitrogen and oxygen atoms in total. The molecule has 0 radical (unpaired) electrons. The van der Waals surface area contributed by atoms with Gasteiger partial charge in [-0.2, -0.15) is 0 Å². The molecule has 2 heteroatoms. The quantitative estimate of drug-likeness (QED) is 0.583. The summed E-state index contributed by atoms with van der Waals surface area (Å²) in [6.45, 7) is 9.17. The van der Waals surface area contributed by atoms with Crippen LogP contribution in [-0.4, -0.2) is 23.9 Å². The zero-order chi connectivity index (χ0) is 7.98. The maximum Gasteiger partial charge on any atom is 0.0977 e. The molecule has 0 amide bonds. The highest BCUT2D eigenvalue weighted by Gasteiger charge is 2.08. The van der Waals surface area contributed by atoms with Crippen molar-refractivity contribution in [2.45, 2.75) is 19.1 Å². The number of ether oxygens (including phenoxy) is 1. The summed E-state index contributed by atoms with van der Waals surface area (Å²) in [6.07, 6.45) is 2.32. The SMILES string of the molecule is C=CCO[C@H](C)C(O)C=C. The van der Waals surface area contributed by atoms with E-state index in [2.05, 4.69) is 13.2 Å². The fourth-order valence-corrected chi connectivity index (χ4v) is 0.510. The van der Waals surface area contributed by atoms with E-state index < -0.39 is 6.10 Å². The molecule has 0 aromatic heterocycles. The summed E-state index contributed by atoms with van der Waals surface area (Å²) >= 11 is 0. The third-order valence-electron chi connectivity index (χ3n) is 1.20. The van der Waals surface area contributed by atoms with E-state index in [9.17, 15) is 0 Å². The molecule has 0 spiro atoms. The van der Waals surface area contributed by atoms with Gasteiger partial charge in [0.2, 0.25) is 0 Å². The van der Waals surface area contributed by atoms with Crippen molar-refractivity contribution in [1.82, 2.24) is 0 Å². The average molecular weight is 142 g/mol. The van der Waals surface area contributed by atoms with E-state index in [0.717, 1.165) is 0 Å². The Hall–Kier alpha value is -0.600. The minimum atomic E-state index is -0.583. The minimum Gasteiger partial charge on any atom is -0.386 e. The predicted octanol–water partition coefficient (Wildman–Crippen LogP) is 1.12. The summed E-state index contributed by atoms with van der Waals surface area (Å²) in [5, 5.41) is 9.08. The maximum absolute atomic E-state index is 9.08. The molecule has 0 fully saturated rings. The minimum absolute atomic E-state index is 0.199. The lowest BCUT2D eigenvalue weighted by molar-refractivity contribution is 0.00742. The Morgan fingerprint density at radius 1 is 1.60 bits per heavy atom. The van der Waals surface area contributed by atoms with E-state index in [0.29, 0.717) is 6.61 Å². The van der Waals surface area contributed by atoms with Gasteiger partial charge in [0.15, 0.2) is 0 Å². The fourth-order valence-electron chi connectivity index (χ4n) is 0.510. The summed E-state index contributed by atoms with van der Waals surface area (Å²) in [6, 6.07) is 0. The second kappa shape index (κ2) is 5.21. The van der Waals surface area contributed by atoms with Crippen molar-refractivity contribution in [3.8, 4) is 0 Å². The Bertz CT molecular complexity index is 110. The molecule has 58 valence electrons. The Kier molecular flexibility index (Phi) is 4.89. The van der Waals surface area contributed by atoms with Crippen molar-refractivity contribution in [2.75, 3.05) is 6.61 Å². The van der Waals surface area contributed by atoms with Gasteiger partial charge in [-0.05, 0) is 6.92 Å². The van der Waals surface area contributed by atoms with E-state index >= 15 is 0 Å². The third kappa shape index (κ3) is 3.43.